The van der Waals surface area contributed by atoms with E-state index in [2.05, 4.69) is 25.8 Å². The third kappa shape index (κ3) is 2.11. The third-order valence-corrected chi connectivity index (χ3v) is 4.72. The molecule has 3 heterocycles. The van der Waals surface area contributed by atoms with Gasteiger partial charge in [-0.25, -0.2) is 4.98 Å². The van der Waals surface area contributed by atoms with E-state index in [-0.39, 0.29) is 0 Å². The Morgan fingerprint density at radius 2 is 2.11 bits per heavy atom. The number of ether oxygens (including phenoxy) is 1. The van der Waals surface area contributed by atoms with Crippen LogP contribution in [0.3, 0.4) is 0 Å². The minimum Gasteiger partial charge on any atom is -0.490 e. The van der Waals surface area contributed by atoms with Gasteiger partial charge in [0.25, 0.3) is 0 Å². The van der Waals surface area contributed by atoms with Crippen molar-refractivity contribution in [3.63, 3.8) is 0 Å². The third-order valence-electron chi connectivity index (χ3n) is 3.97. The van der Waals surface area contributed by atoms with Crippen molar-refractivity contribution in [1.82, 2.24) is 4.98 Å². The largest absolute Gasteiger partial charge is 0.490 e. The van der Waals surface area contributed by atoms with Crippen LogP contribution in [0.5, 0.6) is 5.75 Å². The van der Waals surface area contributed by atoms with Gasteiger partial charge in [-0.15, -0.1) is 0 Å². The number of piperidine rings is 1. The Balaban J connectivity index is 1.91. The van der Waals surface area contributed by atoms with Gasteiger partial charge in [-0.3, -0.25) is 0 Å². The summed E-state index contributed by atoms with van der Waals surface area (Å²) in [6.07, 6.45) is 6.89. The first-order valence-electron chi connectivity index (χ1n) is 6.79. The predicted octanol–water partition coefficient (Wildman–Crippen LogP) is 3.38. The van der Waals surface area contributed by atoms with Crippen LogP contribution < -0.4 is 9.64 Å². The van der Waals surface area contributed by atoms with Crippen molar-refractivity contribution in [2.45, 2.75) is 49.5 Å². The quantitative estimate of drug-likeness (QED) is 0.800. The fourth-order valence-corrected chi connectivity index (χ4v) is 4.16. The minimum atomic E-state index is 0.627. The Bertz CT molecular complexity index is 412. The summed E-state index contributed by atoms with van der Waals surface area (Å²) in [5.41, 5.74) is 0. The van der Waals surface area contributed by atoms with Gasteiger partial charge in [0.15, 0.2) is 11.6 Å². The van der Waals surface area contributed by atoms with Crippen molar-refractivity contribution in [2.75, 3.05) is 11.5 Å². The molecule has 2 unspecified atom stereocenters. The SMILES string of the molecule is CCOc1cccnc1N1C2CCC1CC(Br)C2. The normalized spacial score (nSPS) is 30.6. The molecule has 2 aliphatic heterocycles. The smallest absolute Gasteiger partial charge is 0.171 e. The lowest BCUT2D eigenvalue weighted by atomic mass is 10.0. The fourth-order valence-electron chi connectivity index (χ4n) is 3.30. The van der Waals surface area contributed by atoms with Crippen molar-refractivity contribution in [3.8, 4) is 5.75 Å². The monoisotopic (exact) mass is 310 g/mol. The highest BCUT2D eigenvalue weighted by Crippen LogP contribution is 2.43. The highest BCUT2D eigenvalue weighted by Gasteiger charge is 2.41. The number of anilines is 1. The molecule has 2 saturated heterocycles. The van der Waals surface area contributed by atoms with Crippen LogP contribution in [0.4, 0.5) is 5.82 Å². The zero-order chi connectivity index (χ0) is 12.5. The maximum Gasteiger partial charge on any atom is 0.171 e. The van der Waals surface area contributed by atoms with E-state index in [0.717, 1.165) is 11.6 Å². The Hall–Kier alpha value is -0.770. The zero-order valence-electron chi connectivity index (χ0n) is 10.7. The Morgan fingerprint density at radius 1 is 1.39 bits per heavy atom. The highest BCUT2D eigenvalue weighted by atomic mass is 79.9. The number of rotatable bonds is 3. The van der Waals surface area contributed by atoms with Crippen LogP contribution in [0.15, 0.2) is 18.3 Å². The van der Waals surface area contributed by atoms with E-state index < -0.39 is 0 Å². The van der Waals surface area contributed by atoms with Crippen LogP contribution in [-0.4, -0.2) is 28.5 Å². The maximum atomic E-state index is 5.73. The van der Waals surface area contributed by atoms with E-state index in [4.69, 9.17) is 4.74 Å². The molecule has 98 valence electrons. The number of hydrogen-bond donors (Lipinski definition) is 0. The molecule has 2 fully saturated rings. The van der Waals surface area contributed by atoms with Gasteiger partial charge < -0.3 is 9.64 Å². The van der Waals surface area contributed by atoms with Crippen LogP contribution in [0.1, 0.15) is 32.6 Å². The van der Waals surface area contributed by atoms with Crippen LogP contribution in [0.2, 0.25) is 0 Å². The molecular weight excluding hydrogens is 292 g/mol. The lowest BCUT2D eigenvalue weighted by Gasteiger charge is -2.38. The molecule has 0 saturated carbocycles. The maximum absolute atomic E-state index is 5.73. The first-order valence-corrected chi connectivity index (χ1v) is 7.71. The average Bonchev–Trinajstić information content (AvgIpc) is 2.63. The standard InChI is InChI=1S/C14H19BrN2O/c1-2-18-13-4-3-7-16-14(13)17-11-5-6-12(17)9-10(15)8-11/h3-4,7,10-12H,2,5-6,8-9H2,1H3. The van der Waals surface area contributed by atoms with E-state index in [9.17, 15) is 0 Å². The second-order valence-electron chi connectivity index (χ2n) is 5.12. The molecule has 2 bridgehead atoms. The van der Waals surface area contributed by atoms with Gasteiger partial charge in [-0.1, -0.05) is 15.9 Å². The molecule has 0 aliphatic carbocycles. The van der Waals surface area contributed by atoms with Gasteiger partial charge >= 0.3 is 0 Å². The summed E-state index contributed by atoms with van der Waals surface area (Å²) in [4.78, 5) is 7.75. The van der Waals surface area contributed by atoms with Gasteiger partial charge in [-0.05, 0) is 44.7 Å². The number of alkyl halides is 1. The predicted molar refractivity (Wildman–Crippen MR) is 76.6 cm³/mol. The first-order chi connectivity index (χ1) is 8.79. The van der Waals surface area contributed by atoms with E-state index >= 15 is 0 Å². The molecule has 2 atom stereocenters. The van der Waals surface area contributed by atoms with Gasteiger partial charge in [0.1, 0.15) is 0 Å². The molecule has 0 amide bonds. The Morgan fingerprint density at radius 3 is 2.78 bits per heavy atom. The van der Waals surface area contributed by atoms with Crippen molar-refractivity contribution in [3.05, 3.63) is 18.3 Å². The van der Waals surface area contributed by atoms with E-state index in [1.54, 1.807) is 0 Å². The van der Waals surface area contributed by atoms with Crippen LogP contribution in [-0.2, 0) is 0 Å². The molecule has 1 aromatic heterocycles. The van der Waals surface area contributed by atoms with Crippen molar-refractivity contribution < 1.29 is 4.74 Å². The second-order valence-corrected chi connectivity index (χ2v) is 6.41. The lowest BCUT2D eigenvalue weighted by molar-refractivity contribution is 0.336. The van der Waals surface area contributed by atoms with Crippen LogP contribution in [0.25, 0.3) is 0 Å². The lowest BCUT2D eigenvalue weighted by Crippen LogP contribution is -2.44. The summed E-state index contributed by atoms with van der Waals surface area (Å²) in [6, 6.07) is 5.24. The molecule has 0 aromatic carbocycles. The van der Waals surface area contributed by atoms with E-state index in [0.29, 0.717) is 23.5 Å². The second kappa shape index (κ2) is 5.08. The van der Waals surface area contributed by atoms with Gasteiger partial charge in [0.2, 0.25) is 0 Å². The number of nitrogens with zero attached hydrogens (tertiary/aromatic N) is 2. The number of hydrogen-bond acceptors (Lipinski definition) is 3. The molecule has 18 heavy (non-hydrogen) atoms. The summed E-state index contributed by atoms with van der Waals surface area (Å²) >= 11 is 3.78. The molecule has 3 nitrogen and oxygen atoms in total. The molecule has 0 spiro atoms. The van der Waals surface area contributed by atoms with Crippen molar-refractivity contribution >= 4 is 21.7 Å². The van der Waals surface area contributed by atoms with Crippen molar-refractivity contribution in [1.29, 1.82) is 0 Å². The molecule has 0 radical (unpaired) electrons. The Kier molecular flexibility index (Phi) is 3.46. The summed E-state index contributed by atoms with van der Waals surface area (Å²) in [5, 5.41) is 0. The molecular formula is C14H19BrN2O. The fraction of sp³-hybridized carbons (Fsp3) is 0.643. The van der Waals surface area contributed by atoms with Gasteiger partial charge in [0, 0.05) is 23.1 Å². The number of pyridine rings is 1. The van der Waals surface area contributed by atoms with Gasteiger partial charge in [0.05, 0.1) is 6.61 Å². The van der Waals surface area contributed by atoms with E-state index in [1.165, 1.54) is 25.7 Å². The zero-order valence-corrected chi connectivity index (χ0v) is 12.3. The highest BCUT2D eigenvalue weighted by molar-refractivity contribution is 9.09. The summed E-state index contributed by atoms with van der Waals surface area (Å²) in [5.74, 6) is 1.98. The first kappa shape index (κ1) is 12.3. The van der Waals surface area contributed by atoms with E-state index in [1.807, 2.05) is 25.3 Å². The summed E-state index contributed by atoms with van der Waals surface area (Å²) in [7, 11) is 0. The topological polar surface area (TPSA) is 25.4 Å². The summed E-state index contributed by atoms with van der Waals surface area (Å²) in [6.45, 7) is 2.72. The number of fused-ring (bicyclic) bond motifs is 2. The average molecular weight is 311 g/mol. The van der Waals surface area contributed by atoms with Crippen molar-refractivity contribution in [2.24, 2.45) is 0 Å². The van der Waals surface area contributed by atoms with Crippen LogP contribution >= 0.6 is 15.9 Å². The molecule has 2 aliphatic rings. The minimum absolute atomic E-state index is 0.627. The molecule has 4 heteroatoms. The van der Waals surface area contributed by atoms with Crippen LogP contribution in [0, 0.1) is 0 Å². The summed E-state index contributed by atoms with van der Waals surface area (Å²) < 4.78 is 5.73. The number of aromatic nitrogens is 1. The Labute approximate surface area is 117 Å². The molecule has 0 N–H and O–H groups in total. The molecule has 1 aromatic rings. The number of halogens is 1. The van der Waals surface area contributed by atoms with Gasteiger partial charge in [-0.2, -0.15) is 0 Å². The molecule has 3 rings (SSSR count).